The van der Waals surface area contributed by atoms with Gasteiger partial charge in [-0.15, -0.1) is 0 Å². The summed E-state index contributed by atoms with van der Waals surface area (Å²) in [7, 11) is 1.99. The molecule has 156 valence electrons. The summed E-state index contributed by atoms with van der Waals surface area (Å²) in [6.07, 6.45) is 0. The molecular formula is C24H24ClNO4. The second kappa shape index (κ2) is 11.1. The quantitative estimate of drug-likeness (QED) is 0.456. The summed E-state index contributed by atoms with van der Waals surface area (Å²) in [5.41, 5.74) is 2.11. The Kier molecular flexibility index (Phi) is 8.59. The highest BCUT2D eigenvalue weighted by molar-refractivity contribution is 5.98. The van der Waals surface area contributed by atoms with E-state index in [1.165, 1.54) is 17.7 Å². The molecule has 0 fully saturated rings. The first-order valence-electron chi connectivity index (χ1n) is 9.45. The number of hydrogen-bond acceptors (Lipinski definition) is 4. The van der Waals surface area contributed by atoms with Crippen molar-refractivity contribution in [1.29, 1.82) is 0 Å². The number of halogens is 1. The van der Waals surface area contributed by atoms with Gasteiger partial charge >= 0.3 is 0 Å². The fourth-order valence-electron chi connectivity index (χ4n) is 3.05. The Morgan fingerprint density at radius 3 is 2.23 bits per heavy atom. The molecule has 3 aromatic rings. The summed E-state index contributed by atoms with van der Waals surface area (Å²) >= 11 is 0. The molecule has 3 rings (SSSR count). The Hall–Kier alpha value is -3.15. The molecule has 1 unspecified atom stereocenters. The maximum Gasteiger partial charge on any atom is 0.216 e. The molecule has 0 bridgehead atoms. The van der Waals surface area contributed by atoms with Crippen molar-refractivity contribution < 1.29 is 36.7 Å². The van der Waals surface area contributed by atoms with Crippen LogP contribution in [0.3, 0.4) is 0 Å². The van der Waals surface area contributed by atoms with Gasteiger partial charge in [-0.05, 0) is 24.3 Å². The molecule has 0 radical (unpaired) electrons. The number of hydrogen-bond donors (Lipinski definition) is 2. The average molecular weight is 426 g/mol. The number of phenols is 1. The molecule has 0 spiro atoms. The van der Waals surface area contributed by atoms with E-state index in [2.05, 4.69) is 0 Å². The first-order chi connectivity index (χ1) is 14.0. The van der Waals surface area contributed by atoms with Gasteiger partial charge in [-0.1, -0.05) is 54.6 Å². The normalized spacial score (nSPS) is 11.2. The minimum Gasteiger partial charge on any atom is -1.00 e. The predicted molar refractivity (Wildman–Crippen MR) is 111 cm³/mol. The summed E-state index contributed by atoms with van der Waals surface area (Å²) in [5.74, 6) is 0.267. The summed E-state index contributed by atoms with van der Waals surface area (Å²) in [6.45, 7) is 0.960. The first kappa shape index (κ1) is 23.1. The zero-order valence-corrected chi connectivity index (χ0v) is 17.4. The van der Waals surface area contributed by atoms with E-state index in [9.17, 15) is 14.7 Å². The van der Waals surface area contributed by atoms with Gasteiger partial charge in [-0.25, -0.2) is 0 Å². The number of quaternary nitrogens is 1. The van der Waals surface area contributed by atoms with Crippen LogP contribution in [0, 0.1) is 0 Å². The van der Waals surface area contributed by atoms with Crippen LogP contribution in [0.25, 0.3) is 0 Å². The number of carbonyl (C=O) groups is 2. The van der Waals surface area contributed by atoms with E-state index in [1.807, 2.05) is 37.4 Å². The third-order valence-electron chi connectivity index (χ3n) is 4.51. The molecular weight excluding hydrogens is 402 g/mol. The van der Waals surface area contributed by atoms with Gasteiger partial charge in [-0.3, -0.25) is 9.59 Å². The number of rotatable bonds is 9. The number of Topliss-reactive ketones (excluding diaryl/α,β-unsaturated/α-hetero) is 2. The van der Waals surface area contributed by atoms with Crippen molar-refractivity contribution in [3.05, 3.63) is 95.6 Å². The number of phenolic OH excluding ortho intramolecular Hbond substituents is 1. The van der Waals surface area contributed by atoms with Crippen molar-refractivity contribution in [2.24, 2.45) is 0 Å². The van der Waals surface area contributed by atoms with E-state index in [4.69, 9.17) is 4.74 Å². The summed E-state index contributed by atoms with van der Waals surface area (Å²) < 4.78 is 5.56. The molecule has 1 atom stereocenters. The minimum absolute atomic E-state index is 0. The Bertz CT molecular complexity index is 991. The van der Waals surface area contributed by atoms with Crippen LogP contribution >= 0.6 is 0 Å². The maximum atomic E-state index is 12.6. The van der Waals surface area contributed by atoms with E-state index in [0.717, 1.165) is 11.4 Å². The smallest absolute Gasteiger partial charge is 0.216 e. The Morgan fingerprint density at radius 2 is 1.53 bits per heavy atom. The zero-order chi connectivity index (χ0) is 20.6. The number of likely N-dealkylation sites (N-methyl/N-ethyl adjacent to an activating group) is 1. The van der Waals surface area contributed by atoms with E-state index in [1.54, 1.807) is 36.4 Å². The van der Waals surface area contributed by atoms with Crippen LogP contribution in [-0.4, -0.2) is 36.9 Å². The van der Waals surface area contributed by atoms with Crippen LogP contribution in [0.1, 0.15) is 26.3 Å². The summed E-state index contributed by atoms with van der Waals surface area (Å²) in [4.78, 5) is 25.9. The standard InChI is InChI=1S/C24H23NO4.ClH/c1-25(15-18-7-3-2-4-8-18)16-23(27)20-10-6-12-22(14-20)29-17-24(28)19-9-5-11-21(26)13-19;/h2-14,26H,15-17H2,1H3;1H. The first-order valence-corrected chi connectivity index (χ1v) is 9.45. The SMILES string of the molecule is C[NH+](CC(=O)c1cccc(OCC(=O)c2cccc(O)c2)c1)Cc1ccccc1.[Cl-]. The fraction of sp³-hybridized carbons (Fsp3) is 0.167. The molecule has 0 aromatic heterocycles. The number of nitrogens with one attached hydrogen (secondary N) is 1. The van der Waals surface area contributed by atoms with Crippen LogP contribution in [0.2, 0.25) is 0 Å². The van der Waals surface area contributed by atoms with Crippen LogP contribution < -0.4 is 22.0 Å². The van der Waals surface area contributed by atoms with Gasteiger partial charge in [0.25, 0.3) is 0 Å². The van der Waals surface area contributed by atoms with Crippen molar-refractivity contribution >= 4 is 11.6 Å². The molecule has 2 N–H and O–H groups in total. The fourth-order valence-corrected chi connectivity index (χ4v) is 3.05. The lowest BCUT2D eigenvalue weighted by Gasteiger charge is -2.13. The molecule has 0 amide bonds. The van der Waals surface area contributed by atoms with Gasteiger partial charge < -0.3 is 27.2 Å². The van der Waals surface area contributed by atoms with Crippen molar-refractivity contribution in [1.82, 2.24) is 0 Å². The van der Waals surface area contributed by atoms with Gasteiger partial charge in [0.15, 0.2) is 12.4 Å². The second-order valence-electron chi connectivity index (χ2n) is 7.01. The van der Waals surface area contributed by atoms with E-state index >= 15 is 0 Å². The zero-order valence-electron chi connectivity index (χ0n) is 16.7. The molecule has 0 aliphatic rings. The van der Waals surface area contributed by atoms with Crippen molar-refractivity contribution in [2.45, 2.75) is 6.54 Å². The Labute approximate surface area is 182 Å². The molecule has 0 heterocycles. The monoisotopic (exact) mass is 425 g/mol. The van der Waals surface area contributed by atoms with Gasteiger partial charge in [-0.2, -0.15) is 0 Å². The lowest BCUT2D eigenvalue weighted by atomic mass is 10.1. The largest absolute Gasteiger partial charge is 1.00 e. The maximum absolute atomic E-state index is 12.6. The van der Waals surface area contributed by atoms with Crippen LogP contribution in [-0.2, 0) is 6.54 Å². The van der Waals surface area contributed by atoms with E-state index in [-0.39, 0.29) is 36.3 Å². The highest BCUT2D eigenvalue weighted by Crippen LogP contribution is 2.15. The van der Waals surface area contributed by atoms with E-state index < -0.39 is 0 Å². The van der Waals surface area contributed by atoms with Gasteiger partial charge in [0.05, 0.1) is 7.05 Å². The molecule has 6 heteroatoms. The number of benzene rings is 3. The van der Waals surface area contributed by atoms with Crippen molar-refractivity contribution in [3.63, 3.8) is 0 Å². The van der Waals surface area contributed by atoms with Crippen LogP contribution in [0.15, 0.2) is 78.9 Å². The number of carbonyl (C=O) groups excluding carboxylic acids is 2. The molecule has 3 aromatic carbocycles. The molecule has 0 aliphatic heterocycles. The van der Waals surface area contributed by atoms with Gasteiger partial charge in [0.1, 0.15) is 24.6 Å². The van der Waals surface area contributed by atoms with Gasteiger partial charge in [0, 0.05) is 16.7 Å². The Balaban J connectivity index is 0.00000320. The van der Waals surface area contributed by atoms with Crippen molar-refractivity contribution in [3.8, 4) is 11.5 Å². The number of aromatic hydroxyl groups is 1. The summed E-state index contributed by atoms with van der Waals surface area (Å²) in [5, 5.41) is 9.48. The topological polar surface area (TPSA) is 68.0 Å². The molecule has 5 nitrogen and oxygen atoms in total. The molecule has 30 heavy (non-hydrogen) atoms. The number of ketones is 2. The lowest BCUT2D eigenvalue weighted by molar-refractivity contribution is -0.884. The van der Waals surface area contributed by atoms with Crippen LogP contribution in [0.4, 0.5) is 0 Å². The highest BCUT2D eigenvalue weighted by Gasteiger charge is 2.14. The third-order valence-corrected chi connectivity index (χ3v) is 4.51. The number of ether oxygens (including phenoxy) is 1. The van der Waals surface area contributed by atoms with E-state index in [0.29, 0.717) is 23.4 Å². The molecule has 0 aliphatic carbocycles. The molecule has 0 saturated heterocycles. The average Bonchev–Trinajstić information content (AvgIpc) is 2.73. The van der Waals surface area contributed by atoms with Crippen LogP contribution in [0.5, 0.6) is 11.5 Å². The van der Waals surface area contributed by atoms with Crippen molar-refractivity contribution in [2.75, 3.05) is 20.2 Å². The second-order valence-corrected chi connectivity index (χ2v) is 7.01. The third kappa shape index (κ3) is 6.72. The van der Waals surface area contributed by atoms with Gasteiger partial charge in [0.2, 0.25) is 5.78 Å². The lowest BCUT2D eigenvalue weighted by Crippen LogP contribution is -3.08. The summed E-state index contributed by atoms with van der Waals surface area (Å²) in [6, 6.07) is 23.1. The molecule has 0 saturated carbocycles. The predicted octanol–water partition coefficient (Wildman–Crippen LogP) is -0.444. The Morgan fingerprint density at radius 1 is 0.867 bits per heavy atom. The highest BCUT2D eigenvalue weighted by atomic mass is 35.5. The minimum atomic E-state index is -0.246.